The Morgan fingerprint density at radius 2 is 2.33 bits per heavy atom. The van der Waals surface area contributed by atoms with Gasteiger partial charge in [0.25, 0.3) is 0 Å². The van der Waals surface area contributed by atoms with Gasteiger partial charge in [0.1, 0.15) is 11.9 Å². The molecule has 1 heterocycles. The maximum Gasteiger partial charge on any atom is 0.138 e. The third kappa shape index (κ3) is 3.36. The van der Waals surface area contributed by atoms with Crippen LogP contribution in [0.3, 0.4) is 0 Å². The van der Waals surface area contributed by atoms with Gasteiger partial charge in [-0.05, 0) is 17.7 Å². The van der Waals surface area contributed by atoms with E-state index in [0.717, 1.165) is 13.0 Å². The number of ether oxygens (including phenoxy) is 2. The van der Waals surface area contributed by atoms with Crippen LogP contribution in [0.25, 0.3) is 0 Å². The van der Waals surface area contributed by atoms with Crippen LogP contribution in [0.15, 0.2) is 18.2 Å². The Balaban J connectivity index is 2.04. The van der Waals surface area contributed by atoms with Crippen LogP contribution in [-0.2, 0) is 4.74 Å². The average molecular weight is 273 g/mol. The van der Waals surface area contributed by atoms with E-state index in [0.29, 0.717) is 29.4 Å². The second-order valence-electron chi connectivity index (χ2n) is 4.32. The molecule has 2 N–H and O–H groups in total. The zero-order chi connectivity index (χ0) is 13.0. The van der Waals surface area contributed by atoms with Crippen molar-refractivity contribution >= 4 is 11.6 Å². The highest BCUT2D eigenvalue weighted by atomic mass is 35.5. The number of aliphatic hydroxyl groups excluding tert-OH is 2. The van der Waals surface area contributed by atoms with Crippen molar-refractivity contribution in [3.63, 3.8) is 0 Å². The minimum atomic E-state index is -0.698. The first-order valence-corrected chi connectivity index (χ1v) is 6.41. The van der Waals surface area contributed by atoms with E-state index in [9.17, 15) is 5.11 Å². The Morgan fingerprint density at radius 3 is 2.94 bits per heavy atom. The molecule has 1 fully saturated rings. The molecule has 4 nitrogen and oxygen atoms in total. The van der Waals surface area contributed by atoms with E-state index in [-0.39, 0.29) is 12.7 Å². The van der Waals surface area contributed by atoms with Crippen molar-refractivity contribution in [3.8, 4) is 5.75 Å². The lowest BCUT2D eigenvalue weighted by atomic mass is 10.1. The fourth-order valence-corrected chi connectivity index (χ4v) is 2.13. The van der Waals surface area contributed by atoms with E-state index in [4.69, 9.17) is 26.2 Å². The summed E-state index contributed by atoms with van der Waals surface area (Å²) in [4.78, 5) is 0. The Kier molecular flexibility index (Phi) is 4.83. The van der Waals surface area contributed by atoms with Crippen LogP contribution in [0, 0.1) is 0 Å². The van der Waals surface area contributed by atoms with Gasteiger partial charge in [0.05, 0.1) is 24.3 Å². The van der Waals surface area contributed by atoms with Crippen LogP contribution in [0.2, 0.25) is 5.02 Å². The van der Waals surface area contributed by atoms with Crippen LogP contribution >= 0.6 is 11.6 Å². The predicted octanol–water partition coefficient (Wildman–Crippen LogP) is 1.92. The van der Waals surface area contributed by atoms with Crippen molar-refractivity contribution in [2.75, 3.05) is 19.8 Å². The van der Waals surface area contributed by atoms with Crippen molar-refractivity contribution in [1.82, 2.24) is 0 Å². The summed E-state index contributed by atoms with van der Waals surface area (Å²) in [5.74, 6) is 0.604. The van der Waals surface area contributed by atoms with Gasteiger partial charge >= 0.3 is 0 Å². The molecule has 0 saturated carbocycles. The van der Waals surface area contributed by atoms with Gasteiger partial charge in [-0.25, -0.2) is 0 Å². The van der Waals surface area contributed by atoms with Crippen molar-refractivity contribution in [2.45, 2.75) is 25.0 Å². The molecule has 100 valence electrons. The lowest BCUT2D eigenvalue weighted by Crippen LogP contribution is -2.16. The van der Waals surface area contributed by atoms with Crippen molar-refractivity contribution in [3.05, 3.63) is 28.8 Å². The van der Waals surface area contributed by atoms with Crippen molar-refractivity contribution in [2.24, 2.45) is 0 Å². The molecule has 0 amide bonds. The smallest absolute Gasteiger partial charge is 0.138 e. The molecule has 1 aliphatic heterocycles. The number of hydrogen-bond acceptors (Lipinski definition) is 4. The second-order valence-corrected chi connectivity index (χ2v) is 4.73. The normalized spacial score (nSPS) is 20.9. The van der Waals surface area contributed by atoms with Crippen LogP contribution in [0.1, 0.15) is 24.5 Å². The fourth-order valence-electron chi connectivity index (χ4n) is 1.89. The fraction of sp³-hybridized carbons (Fsp3) is 0.538. The molecule has 0 spiro atoms. The molecule has 0 aliphatic carbocycles. The highest BCUT2D eigenvalue weighted by Crippen LogP contribution is 2.30. The molecule has 0 bridgehead atoms. The molecule has 18 heavy (non-hydrogen) atoms. The molecular formula is C13H17ClO4. The zero-order valence-electron chi connectivity index (χ0n) is 10.0. The van der Waals surface area contributed by atoms with E-state index < -0.39 is 6.10 Å². The molecule has 0 radical (unpaired) electrons. The molecule has 1 saturated heterocycles. The zero-order valence-corrected chi connectivity index (χ0v) is 10.8. The molecule has 2 atom stereocenters. The molecule has 5 heteroatoms. The van der Waals surface area contributed by atoms with Crippen molar-refractivity contribution in [1.29, 1.82) is 0 Å². The number of halogens is 1. The minimum absolute atomic E-state index is 0.0516. The molecule has 0 aromatic heterocycles. The van der Waals surface area contributed by atoms with Gasteiger partial charge in [-0.1, -0.05) is 17.7 Å². The average Bonchev–Trinajstić information content (AvgIpc) is 2.85. The van der Waals surface area contributed by atoms with Gasteiger partial charge in [-0.15, -0.1) is 0 Å². The molecule has 1 unspecified atom stereocenters. The third-order valence-corrected chi connectivity index (χ3v) is 3.22. The monoisotopic (exact) mass is 272 g/mol. The minimum Gasteiger partial charge on any atom is -0.486 e. The maximum absolute atomic E-state index is 9.74. The van der Waals surface area contributed by atoms with E-state index >= 15 is 0 Å². The van der Waals surface area contributed by atoms with Gasteiger partial charge in [0.15, 0.2) is 0 Å². The Bertz CT molecular complexity index is 391. The standard InChI is InChI=1S/C13H17ClO4/c14-11-7-9(12(16)3-5-15)1-2-13(11)18-10-4-6-17-8-10/h1-2,7,10,12,15-16H,3-6,8H2/t10?,12-/m1/s1. The molecule has 1 aromatic rings. The first kappa shape index (κ1) is 13.6. The number of hydrogen-bond donors (Lipinski definition) is 2. The summed E-state index contributed by atoms with van der Waals surface area (Å²) in [6, 6.07) is 5.18. The number of aliphatic hydroxyl groups is 2. The van der Waals surface area contributed by atoms with E-state index in [1.807, 2.05) is 0 Å². The third-order valence-electron chi connectivity index (χ3n) is 2.92. The van der Waals surface area contributed by atoms with Gasteiger partial charge in [-0.2, -0.15) is 0 Å². The quantitative estimate of drug-likeness (QED) is 0.860. The van der Waals surface area contributed by atoms with Crippen LogP contribution in [0.4, 0.5) is 0 Å². The Hall–Kier alpha value is -0.810. The summed E-state index contributed by atoms with van der Waals surface area (Å²) < 4.78 is 10.9. The predicted molar refractivity (Wildman–Crippen MR) is 68.0 cm³/mol. The summed E-state index contributed by atoms with van der Waals surface area (Å²) in [6.07, 6.45) is 0.519. The Morgan fingerprint density at radius 1 is 1.50 bits per heavy atom. The van der Waals surface area contributed by atoms with E-state index in [2.05, 4.69) is 0 Å². The van der Waals surface area contributed by atoms with Crippen LogP contribution in [0.5, 0.6) is 5.75 Å². The second kappa shape index (κ2) is 6.38. The topological polar surface area (TPSA) is 58.9 Å². The summed E-state index contributed by atoms with van der Waals surface area (Å²) in [5, 5.41) is 19.0. The lowest BCUT2D eigenvalue weighted by molar-refractivity contribution is 0.133. The van der Waals surface area contributed by atoms with E-state index in [1.54, 1.807) is 18.2 Å². The highest BCUT2D eigenvalue weighted by molar-refractivity contribution is 6.32. The van der Waals surface area contributed by atoms with Gasteiger partial charge in [0.2, 0.25) is 0 Å². The van der Waals surface area contributed by atoms with Gasteiger partial charge in [0, 0.05) is 19.4 Å². The molecule has 1 aliphatic rings. The SMILES string of the molecule is OCC[C@@H](O)c1ccc(OC2CCOC2)c(Cl)c1. The summed E-state index contributed by atoms with van der Waals surface area (Å²) in [7, 11) is 0. The van der Waals surface area contributed by atoms with Gasteiger partial charge < -0.3 is 19.7 Å². The lowest BCUT2D eigenvalue weighted by Gasteiger charge is -2.15. The highest BCUT2D eigenvalue weighted by Gasteiger charge is 2.19. The van der Waals surface area contributed by atoms with Crippen molar-refractivity contribution < 1.29 is 19.7 Å². The number of benzene rings is 1. The summed E-state index contributed by atoms with van der Waals surface area (Å²) in [6.45, 7) is 1.25. The van der Waals surface area contributed by atoms with Gasteiger partial charge in [-0.3, -0.25) is 0 Å². The largest absolute Gasteiger partial charge is 0.486 e. The van der Waals surface area contributed by atoms with E-state index in [1.165, 1.54) is 0 Å². The first-order valence-electron chi connectivity index (χ1n) is 6.03. The summed E-state index contributed by atoms with van der Waals surface area (Å²) in [5.41, 5.74) is 0.684. The maximum atomic E-state index is 9.74. The Labute approximate surface area is 111 Å². The molecule has 1 aromatic carbocycles. The molecule has 2 rings (SSSR count). The summed E-state index contributed by atoms with van der Waals surface area (Å²) >= 11 is 6.11. The number of rotatable bonds is 5. The first-order chi connectivity index (χ1) is 8.70. The molecular weight excluding hydrogens is 256 g/mol. The van der Waals surface area contributed by atoms with Crippen LogP contribution in [-0.4, -0.2) is 36.1 Å². The van der Waals surface area contributed by atoms with Crippen LogP contribution < -0.4 is 4.74 Å².